The molecule has 0 bridgehead atoms. The third-order valence-corrected chi connectivity index (χ3v) is 6.84. The SMILES string of the molecule is CO[C@H]1CNC[C@@H](Nc2nc(-c3nccn3C)nc3sc(-c4ccn(C(C)C)n4)cc23)C1.Cl. The highest BCUT2D eigenvalue weighted by atomic mass is 35.5. The van der Waals surface area contributed by atoms with Crippen molar-refractivity contribution in [1.29, 1.82) is 0 Å². The lowest BCUT2D eigenvalue weighted by molar-refractivity contribution is 0.0770. The number of aryl methyl sites for hydroxylation is 1. The van der Waals surface area contributed by atoms with Crippen LogP contribution in [0.15, 0.2) is 30.7 Å². The Morgan fingerprint density at radius 1 is 1.24 bits per heavy atom. The number of aromatic nitrogens is 6. The van der Waals surface area contributed by atoms with Gasteiger partial charge in [0.15, 0.2) is 11.6 Å². The predicted molar refractivity (Wildman–Crippen MR) is 134 cm³/mol. The summed E-state index contributed by atoms with van der Waals surface area (Å²) >= 11 is 1.63. The van der Waals surface area contributed by atoms with Crippen LogP contribution in [0.3, 0.4) is 0 Å². The van der Waals surface area contributed by atoms with Gasteiger partial charge < -0.3 is 19.9 Å². The second-order valence-electron chi connectivity index (χ2n) is 8.45. The molecule has 0 aliphatic carbocycles. The Kier molecular flexibility index (Phi) is 6.99. The van der Waals surface area contributed by atoms with Gasteiger partial charge in [0.1, 0.15) is 16.3 Å². The smallest absolute Gasteiger partial charge is 0.199 e. The highest BCUT2D eigenvalue weighted by Crippen LogP contribution is 2.36. The van der Waals surface area contributed by atoms with E-state index in [0.29, 0.717) is 11.9 Å². The van der Waals surface area contributed by atoms with Gasteiger partial charge in [-0.25, -0.2) is 15.0 Å². The molecule has 0 radical (unpaired) electrons. The molecule has 5 rings (SSSR count). The van der Waals surface area contributed by atoms with Crippen molar-refractivity contribution < 1.29 is 4.74 Å². The van der Waals surface area contributed by atoms with Gasteiger partial charge in [-0.05, 0) is 32.4 Å². The van der Waals surface area contributed by atoms with Crippen molar-refractivity contribution >= 4 is 39.8 Å². The molecule has 2 N–H and O–H groups in total. The van der Waals surface area contributed by atoms with E-state index in [2.05, 4.69) is 41.6 Å². The number of imidazole rings is 1. The van der Waals surface area contributed by atoms with Crippen LogP contribution in [0.1, 0.15) is 26.3 Å². The fourth-order valence-electron chi connectivity index (χ4n) is 3.98. The van der Waals surface area contributed by atoms with Crippen molar-refractivity contribution in [3.05, 3.63) is 30.7 Å². The van der Waals surface area contributed by atoms with Gasteiger partial charge in [0.05, 0.1) is 16.4 Å². The molecule has 176 valence electrons. The summed E-state index contributed by atoms with van der Waals surface area (Å²) in [4.78, 5) is 16.2. The van der Waals surface area contributed by atoms with Crippen LogP contribution in [0.5, 0.6) is 0 Å². The van der Waals surface area contributed by atoms with Crippen LogP contribution >= 0.6 is 23.7 Å². The predicted octanol–water partition coefficient (Wildman–Crippen LogP) is 3.75. The van der Waals surface area contributed by atoms with Gasteiger partial charge >= 0.3 is 0 Å². The molecule has 4 aromatic rings. The average molecular weight is 489 g/mol. The zero-order chi connectivity index (χ0) is 22.2. The summed E-state index contributed by atoms with van der Waals surface area (Å²) in [5.74, 6) is 2.17. The van der Waals surface area contributed by atoms with Gasteiger partial charge in [0.25, 0.3) is 0 Å². The van der Waals surface area contributed by atoms with Crippen LogP contribution in [-0.4, -0.2) is 61.6 Å². The first-order valence-electron chi connectivity index (χ1n) is 10.9. The lowest BCUT2D eigenvalue weighted by atomic mass is 10.0. The fraction of sp³-hybridized carbons (Fsp3) is 0.455. The number of hydrogen-bond donors (Lipinski definition) is 2. The van der Waals surface area contributed by atoms with Gasteiger partial charge in [0, 0.05) is 57.9 Å². The highest BCUT2D eigenvalue weighted by Gasteiger charge is 2.24. The molecule has 9 nitrogen and oxygen atoms in total. The van der Waals surface area contributed by atoms with Crippen LogP contribution in [0.2, 0.25) is 0 Å². The lowest BCUT2D eigenvalue weighted by Gasteiger charge is -2.30. The molecule has 0 amide bonds. The first-order chi connectivity index (χ1) is 15.5. The van der Waals surface area contributed by atoms with Gasteiger partial charge in [-0.3, -0.25) is 4.68 Å². The minimum atomic E-state index is 0. The maximum absolute atomic E-state index is 5.57. The number of hydrogen-bond acceptors (Lipinski definition) is 8. The number of ether oxygens (including phenoxy) is 1. The molecule has 1 aliphatic heterocycles. The number of methoxy groups -OCH3 is 1. The fourth-order valence-corrected chi connectivity index (χ4v) is 4.98. The van der Waals surface area contributed by atoms with E-state index in [1.54, 1.807) is 24.6 Å². The molecule has 4 aromatic heterocycles. The van der Waals surface area contributed by atoms with Crippen LogP contribution in [0.25, 0.3) is 32.4 Å². The van der Waals surface area contributed by atoms with E-state index < -0.39 is 0 Å². The number of rotatable bonds is 6. The Balaban J connectivity index is 0.00000259. The number of nitrogens with zero attached hydrogens (tertiary/aromatic N) is 6. The zero-order valence-electron chi connectivity index (χ0n) is 19.1. The second-order valence-corrected chi connectivity index (χ2v) is 9.49. The van der Waals surface area contributed by atoms with E-state index in [1.807, 2.05) is 28.7 Å². The van der Waals surface area contributed by atoms with Gasteiger partial charge in [-0.1, -0.05) is 0 Å². The summed E-state index contributed by atoms with van der Waals surface area (Å²) < 4.78 is 9.48. The lowest BCUT2D eigenvalue weighted by Crippen LogP contribution is -2.46. The van der Waals surface area contributed by atoms with Crippen LogP contribution in [0.4, 0.5) is 5.82 Å². The molecule has 5 heterocycles. The minimum Gasteiger partial charge on any atom is -0.380 e. The van der Waals surface area contributed by atoms with Gasteiger partial charge in [-0.15, -0.1) is 23.7 Å². The quantitative estimate of drug-likeness (QED) is 0.426. The molecule has 0 saturated carbocycles. The maximum atomic E-state index is 5.57. The van der Waals surface area contributed by atoms with Crippen molar-refractivity contribution in [2.45, 2.75) is 38.5 Å². The van der Waals surface area contributed by atoms with E-state index in [1.165, 1.54) is 0 Å². The summed E-state index contributed by atoms with van der Waals surface area (Å²) in [7, 11) is 3.72. The van der Waals surface area contributed by atoms with Crippen LogP contribution < -0.4 is 10.6 Å². The Labute approximate surface area is 203 Å². The van der Waals surface area contributed by atoms with E-state index in [-0.39, 0.29) is 24.6 Å². The Hall–Kier alpha value is -2.53. The van der Waals surface area contributed by atoms with Crippen molar-refractivity contribution in [3.63, 3.8) is 0 Å². The first kappa shape index (κ1) is 23.6. The third kappa shape index (κ3) is 4.74. The molecule has 33 heavy (non-hydrogen) atoms. The summed E-state index contributed by atoms with van der Waals surface area (Å²) in [6.45, 7) is 5.98. The second kappa shape index (κ2) is 9.76. The number of halogens is 1. The van der Waals surface area contributed by atoms with Crippen molar-refractivity contribution in [1.82, 2.24) is 34.6 Å². The number of nitrogens with one attached hydrogen (secondary N) is 2. The van der Waals surface area contributed by atoms with Crippen molar-refractivity contribution in [3.8, 4) is 22.2 Å². The molecule has 1 saturated heterocycles. The molecule has 11 heteroatoms. The van der Waals surface area contributed by atoms with Crippen molar-refractivity contribution in [2.24, 2.45) is 7.05 Å². The molecule has 2 atom stereocenters. The number of anilines is 1. The van der Waals surface area contributed by atoms with Gasteiger partial charge in [-0.2, -0.15) is 5.10 Å². The number of thiophene rings is 1. The van der Waals surface area contributed by atoms with E-state index in [9.17, 15) is 0 Å². The molecule has 1 fully saturated rings. The van der Waals surface area contributed by atoms with E-state index in [4.69, 9.17) is 19.8 Å². The molecule has 0 aromatic carbocycles. The monoisotopic (exact) mass is 488 g/mol. The largest absolute Gasteiger partial charge is 0.380 e. The number of fused-ring (bicyclic) bond motifs is 1. The molecule has 0 unspecified atom stereocenters. The van der Waals surface area contributed by atoms with Crippen LogP contribution in [0, 0.1) is 0 Å². The topological polar surface area (TPSA) is 94.7 Å². The molecular formula is C22H29ClN8OS. The Morgan fingerprint density at radius 3 is 2.79 bits per heavy atom. The average Bonchev–Trinajstić information content (AvgIpc) is 3.52. The van der Waals surface area contributed by atoms with Crippen molar-refractivity contribution in [2.75, 3.05) is 25.5 Å². The Morgan fingerprint density at radius 2 is 2.09 bits per heavy atom. The molecular weight excluding hydrogens is 460 g/mol. The number of piperidine rings is 1. The summed E-state index contributed by atoms with van der Waals surface area (Å²) in [6, 6.07) is 4.73. The standard InChI is InChI=1S/C22H28N8OS.ClH/c1-13(2)30-7-5-17(28-30)18-10-16-19(25-14-9-15(31-4)12-23-11-14)26-20(27-22(16)32-18)21-24-6-8-29(21)3;/h5-8,10,13-15,23H,9,11-12H2,1-4H3,(H,25,26,27);1H/t14-,15+;/m0./s1. The summed E-state index contributed by atoms with van der Waals surface area (Å²) in [5, 5.41) is 12.8. The maximum Gasteiger partial charge on any atom is 0.199 e. The van der Waals surface area contributed by atoms with E-state index >= 15 is 0 Å². The summed E-state index contributed by atoms with van der Waals surface area (Å²) in [6.07, 6.45) is 6.80. The third-order valence-electron chi connectivity index (χ3n) is 5.79. The van der Waals surface area contributed by atoms with Gasteiger partial charge in [0.2, 0.25) is 0 Å². The summed E-state index contributed by atoms with van der Waals surface area (Å²) in [5.41, 5.74) is 0.949. The first-order valence-corrected chi connectivity index (χ1v) is 11.7. The Bertz CT molecular complexity index is 1230. The zero-order valence-corrected chi connectivity index (χ0v) is 20.8. The normalized spacial score (nSPS) is 18.6. The van der Waals surface area contributed by atoms with E-state index in [0.717, 1.165) is 51.9 Å². The molecule has 0 spiro atoms. The van der Waals surface area contributed by atoms with Crippen LogP contribution in [-0.2, 0) is 11.8 Å². The highest BCUT2D eigenvalue weighted by molar-refractivity contribution is 7.21. The molecule has 1 aliphatic rings. The minimum absolute atomic E-state index is 0.